The molecule has 0 aromatic heterocycles. The molecule has 1 aromatic rings. The van der Waals surface area contributed by atoms with Crippen molar-refractivity contribution in [2.24, 2.45) is 0 Å². The summed E-state index contributed by atoms with van der Waals surface area (Å²) in [5.41, 5.74) is 5.93. The van der Waals surface area contributed by atoms with E-state index in [-0.39, 0.29) is 0 Å². The lowest BCUT2D eigenvalue weighted by molar-refractivity contribution is -0.254. The smallest absolute Gasteiger partial charge is 0.131 e. The Hall–Kier alpha value is -1.02. The molecule has 0 amide bonds. The second-order valence-corrected chi connectivity index (χ2v) is 2.30. The van der Waals surface area contributed by atoms with Crippen LogP contribution in [0.5, 0.6) is 5.75 Å². The first-order valence-electron chi connectivity index (χ1n) is 3.20. The van der Waals surface area contributed by atoms with Gasteiger partial charge < -0.3 is 10.5 Å². The average molecular weight is 138 g/mol. The Morgan fingerprint density at radius 3 is 2.60 bits per heavy atom. The molecule has 2 heteroatoms. The van der Waals surface area contributed by atoms with Crippen LogP contribution in [0, 0.1) is 6.92 Å². The number of benzene rings is 1. The van der Waals surface area contributed by atoms with Crippen LogP contribution in [0.25, 0.3) is 0 Å². The fourth-order valence-electron chi connectivity index (χ4n) is 0.864. The second-order valence-electron chi connectivity index (χ2n) is 2.30. The zero-order chi connectivity index (χ0) is 7.56. The summed E-state index contributed by atoms with van der Waals surface area (Å²) in [5, 5.41) is 0. The molecule has 0 bridgehead atoms. The number of methoxy groups -OCH3 is 1. The Morgan fingerprint density at radius 2 is 2.10 bits per heavy atom. The molecule has 1 rings (SSSR count). The van der Waals surface area contributed by atoms with E-state index in [1.807, 2.05) is 25.1 Å². The molecular weight excluding hydrogens is 126 g/mol. The molecule has 1 aromatic carbocycles. The third kappa shape index (κ3) is 1.28. The summed E-state index contributed by atoms with van der Waals surface area (Å²) in [4.78, 5) is 0. The Bertz CT molecular complexity index is 233. The summed E-state index contributed by atoms with van der Waals surface area (Å²) in [6.45, 7) is 2.01. The number of rotatable bonds is 1. The van der Waals surface area contributed by atoms with Gasteiger partial charge >= 0.3 is 0 Å². The molecule has 0 heterocycles. The maximum atomic E-state index is 5.09. The highest BCUT2D eigenvalue weighted by molar-refractivity contribution is 5.42. The summed E-state index contributed by atoms with van der Waals surface area (Å²) in [6.07, 6.45) is 0. The lowest BCUT2D eigenvalue weighted by atomic mass is 10.2. The fraction of sp³-hybridized carbons (Fsp3) is 0.250. The van der Waals surface area contributed by atoms with Crippen molar-refractivity contribution in [2.75, 3.05) is 7.11 Å². The lowest BCUT2D eigenvalue weighted by Gasteiger charge is -2.01. The Kier molecular flexibility index (Phi) is 1.92. The van der Waals surface area contributed by atoms with Crippen molar-refractivity contribution in [3.8, 4) is 5.75 Å². The minimum absolute atomic E-state index is 0.910. The third-order valence-electron chi connectivity index (χ3n) is 1.47. The molecule has 0 spiro atoms. The van der Waals surface area contributed by atoms with Crippen molar-refractivity contribution < 1.29 is 10.5 Å². The number of aryl methyl sites for hydroxylation is 1. The first-order valence-corrected chi connectivity index (χ1v) is 3.20. The van der Waals surface area contributed by atoms with E-state index < -0.39 is 0 Å². The van der Waals surface area contributed by atoms with Gasteiger partial charge in [0.05, 0.1) is 7.11 Å². The minimum atomic E-state index is 0.910. The molecular formula is C8H12NO+. The van der Waals surface area contributed by atoms with Gasteiger partial charge in [-0.05, 0) is 24.6 Å². The third-order valence-corrected chi connectivity index (χ3v) is 1.47. The Morgan fingerprint density at radius 1 is 1.40 bits per heavy atom. The maximum absolute atomic E-state index is 5.09. The van der Waals surface area contributed by atoms with Gasteiger partial charge in [-0.15, -0.1) is 0 Å². The van der Waals surface area contributed by atoms with Gasteiger partial charge in [-0.25, -0.2) is 0 Å². The summed E-state index contributed by atoms with van der Waals surface area (Å²) in [7, 11) is 1.67. The second kappa shape index (κ2) is 2.71. The van der Waals surface area contributed by atoms with E-state index in [9.17, 15) is 0 Å². The van der Waals surface area contributed by atoms with E-state index in [1.54, 1.807) is 7.11 Å². The van der Waals surface area contributed by atoms with E-state index in [1.165, 1.54) is 0 Å². The van der Waals surface area contributed by atoms with Crippen LogP contribution >= 0.6 is 0 Å². The van der Waals surface area contributed by atoms with E-state index >= 15 is 0 Å². The number of hydrogen-bond acceptors (Lipinski definition) is 1. The van der Waals surface area contributed by atoms with E-state index in [0.717, 1.165) is 17.0 Å². The molecule has 0 saturated heterocycles. The van der Waals surface area contributed by atoms with Gasteiger partial charge in [0.15, 0.2) is 0 Å². The highest BCUT2D eigenvalue weighted by Crippen LogP contribution is 2.18. The molecule has 2 nitrogen and oxygen atoms in total. The average Bonchev–Trinajstić information content (AvgIpc) is 1.94. The van der Waals surface area contributed by atoms with Crippen LogP contribution in [0.15, 0.2) is 18.2 Å². The highest BCUT2D eigenvalue weighted by Gasteiger charge is 1.97. The fourth-order valence-corrected chi connectivity index (χ4v) is 0.864. The van der Waals surface area contributed by atoms with Gasteiger partial charge in [0, 0.05) is 6.07 Å². The number of ether oxygens (including phenoxy) is 1. The molecule has 0 aliphatic rings. The van der Waals surface area contributed by atoms with E-state index in [4.69, 9.17) is 4.74 Å². The van der Waals surface area contributed by atoms with Crippen LogP contribution < -0.4 is 10.5 Å². The largest absolute Gasteiger partial charge is 0.496 e. The number of quaternary nitrogens is 1. The van der Waals surface area contributed by atoms with Crippen molar-refractivity contribution in [3.63, 3.8) is 0 Å². The van der Waals surface area contributed by atoms with Crippen molar-refractivity contribution >= 4 is 5.69 Å². The van der Waals surface area contributed by atoms with Crippen molar-refractivity contribution in [1.82, 2.24) is 0 Å². The molecule has 54 valence electrons. The Labute approximate surface area is 60.6 Å². The van der Waals surface area contributed by atoms with Crippen LogP contribution in [0.4, 0.5) is 5.69 Å². The summed E-state index contributed by atoms with van der Waals surface area (Å²) < 4.78 is 5.09. The maximum Gasteiger partial charge on any atom is 0.131 e. The van der Waals surface area contributed by atoms with Gasteiger partial charge in [0.25, 0.3) is 0 Å². The zero-order valence-electron chi connectivity index (χ0n) is 6.35. The van der Waals surface area contributed by atoms with Gasteiger partial charge in [-0.1, -0.05) is 0 Å². The van der Waals surface area contributed by atoms with Crippen LogP contribution in [-0.2, 0) is 0 Å². The SMILES string of the molecule is COc1cc([NH3+])ccc1C. The first kappa shape index (κ1) is 7.09. The lowest BCUT2D eigenvalue weighted by Crippen LogP contribution is -2.39. The molecule has 0 unspecified atom stereocenters. The van der Waals surface area contributed by atoms with Gasteiger partial charge in [-0.2, -0.15) is 0 Å². The normalized spacial score (nSPS) is 9.50. The van der Waals surface area contributed by atoms with Crippen molar-refractivity contribution in [1.29, 1.82) is 0 Å². The summed E-state index contributed by atoms with van der Waals surface area (Å²) in [6, 6.07) is 5.90. The zero-order valence-corrected chi connectivity index (χ0v) is 6.35. The van der Waals surface area contributed by atoms with Gasteiger partial charge in [-0.3, -0.25) is 0 Å². The molecule has 3 N–H and O–H groups in total. The summed E-state index contributed by atoms with van der Waals surface area (Å²) in [5.74, 6) is 0.910. The van der Waals surface area contributed by atoms with Crippen LogP contribution in [0.3, 0.4) is 0 Å². The molecule has 0 aliphatic carbocycles. The summed E-state index contributed by atoms with van der Waals surface area (Å²) >= 11 is 0. The molecule has 0 fully saturated rings. The monoisotopic (exact) mass is 138 g/mol. The predicted octanol–water partition coefficient (Wildman–Crippen LogP) is 0.877. The van der Waals surface area contributed by atoms with E-state index in [2.05, 4.69) is 5.73 Å². The van der Waals surface area contributed by atoms with Crippen molar-refractivity contribution in [3.05, 3.63) is 23.8 Å². The first-order chi connectivity index (χ1) is 4.74. The highest BCUT2D eigenvalue weighted by atomic mass is 16.5. The van der Waals surface area contributed by atoms with Gasteiger partial charge in [0.2, 0.25) is 0 Å². The Balaban J connectivity index is 3.09. The molecule has 0 atom stereocenters. The van der Waals surface area contributed by atoms with Crippen LogP contribution in [0.1, 0.15) is 5.56 Å². The van der Waals surface area contributed by atoms with E-state index in [0.29, 0.717) is 0 Å². The van der Waals surface area contributed by atoms with Gasteiger partial charge in [0.1, 0.15) is 11.4 Å². The molecule has 0 aliphatic heterocycles. The minimum Gasteiger partial charge on any atom is -0.496 e. The molecule has 0 saturated carbocycles. The molecule has 10 heavy (non-hydrogen) atoms. The van der Waals surface area contributed by atoms with Crippen LogP contribution in [0.2, 0.25) is 0 Å². The quantitative estimate of drug-likeness (QED) is 0.614. The topological polar surface area (TPSA) is 36.9 Å². The molecule has 0 radical (unpaired) electrons. The van der Waals surface area contributed by atoms with Crippen molar-refractivity contribution in [2.45, 2.75) is 6.92 Å². The van der Waals surface area contributed by atoms with Crippen LogP contribution in [-0.4, -0.2) is 7.11 Å². The standard InChI is InChI=1S/C8H11NO/c1-6-3-4-7(9)5-8(6)10-2/h3-5H,9H2,1-2H3/p+1. The number of hydrogen-bond donors (Lipinski definition) is 1. The predicted molar refractivity (Wildman–Crippen MR) is 40.3 cm³/mol.